The van der Waals surface area contributed by atoms with Gasteiger partial charge >= 0.3 is 11.7 Å². The van der Waals surface area contributed by atoms with Crippen LogP contribution in [-0.2, 0) is 27.7 Å². The predicted molar refractivity (Wildman–Crippen MR) is 140 cm³/mol. The van der Waals surface area contributed by atoms with E-state index in [0.29, 0.717) is 19.4 Å². The molecule has 11 nitrogen and oxygen atoms in total. The maximum Gasteiger partial charge on any atom is 0.410 e. The monoisotopic (exact) mass is 552 g/mol. The number of aromatic nitrogens is 2. The van der Waals surface area contributed by atoms with E-state index in [1.165, 1.54) is 26.5 Å². The van der Waals surface area contributed by atoms with Crippen molar-refractivity contribution in [2.45, 2.75) is 36.9 Å². The molecule has 204 valence electrons. The molecule has 0 radical (unpaired) electrons. The number of hydrogen-bond acceptors (Lipinski definition) is 8. The summed E-state index contributed by atoms with van der Waals surface area (Å²) in [7, 11) is -3.64. The third kappa shape index (κ3) is 5.37. The molecule has 0 spiro atoms. The summed E-state index contributed by atoms with van der Waals surface area (Å²) in [6.45, 7) is 0.693. The summed E-state index contributed by atoms with van der Waals surface area (Å²) in [5.74, 6) is -1.57. The van der Waals surface area contributed by atoms with Crippen molar-refractivity contribution in [1.29, 1.82) is 0 Å². The van der Waals surface area contributed by atoms with Gasteiger partial charge in [-0.1, -0.05) is 48.5 Å². The first-order chi connectivity index (χ1) is 18.8. The average Bonchev–Trinajstić information content (AvgIpc) is 3.44. The van der Waals surface area contributed by atoms with E-state index >= 15 is 0 Å². The zero-order valence-corrected chi connectivity index (χ0v) is 21.9. The Morgan fingerprint density at radius 3 is 2.41 bits per heavy atom. The van der Waals surface area contributed by atoms with Crippen LogP contribution in [0.3, 0.4) is 0 Å². The van der Waals surface area contributed by atoms with Gasteiger partial charge in [0, 0.05) is 26.2 Å². The first-order valence-electron chi connectivity index (χ1n) is 12.6. The molecule has 3 aromatic rings. The van der Waals surface area contributed by atoms with E-state index in [4.69, 9.17) is 4.74 Å². The third-order valence-electron chi connectivity index (χ3n) is 7.00. The molecule has 2 aliphatic rings. The van der Waals surface area contributed by atoms with Crippen molar-refractivity contribution in [3.05, 3.63) is 88.1 Å². The number of fused-ring (bicyclic) bond motifs is 1. The van der Waals surface area contributed by atoms with Crippen LogP contribution in [0.5, 0.6) is 5.75 Å². The molecule has 0 bridgehead atoms. The van der Waals surface area contributed by atoms with Crippen LogP contribution in [0.1, 0.15) is 40.8 Å². The molecule has 2 aromatic carbocycles. The molecule has 1 aromatic heterocycles. The number of rotatable bonds is 7. The second kappa shape index (κ2) is 10.9. The van der Waals surface area contributed by atoms with E-state index < -0.39 is 39.2 Å². The van der Waals surface area contributed by atoms with Crippen molar-refractivity contribution >= 4 is 21.8 Å². The lowest BCUT2D eigenvalue weighted by Crippen LogP contribution is -2.46. The number of sulfone groups is 1. The van der Waals surface area contributed by atoms with E-state index in [2.05, 4.69) is 4.98 Å². The van der Waals surface area contributed by atoms with Gasteiger partial charge in [0.15, 0.2) is 15.5 Å². The van der Waals surface area contributed by atoms with Gasteiger partial charge in [0.05, 0.1) is 16.7 Å². The van der Waals surface area contributed by atoms with Crippen LogP contribution in [0, 0.1) is 0 Å². The van der Waals surface area contributed by atoms with E-state index in [1.807, 2.05) is 30.3 Å². The Hall–Kier alpha value is -4.19. The summed E-state index contributed by atoms with van der Waals surface area (Å²) in [6, 6.07) is 16.6. The quantitative estimate of drug-likeness (QED) is 0.471. The van der Waals surface area contributed by atoms with Gasteiger partial charge in [-0.05, 0) is 30.5 Å². The van der Waals surface area contributed by atoms with Gasteiger partial charge in [-0.2, -0.15) is 4.98 Å². The summed E-state index contributed by atoms with van der Waals surface area (Å²) in [5, 5.41) is 10.5. The number of hydrogen-bond donors (Lipinski definition) is 1. The number of amides is 2. The van der Waals surface area contributed by atoms with Crippen molar-refractivity contribution < 1.29 is 27.9 Å². The standard InChI is InChI=1S/C27H28N4O7S/c32-23-22-26(34)29(16-17-39(36,37)20-10-5-2-6-11-20)14-15-31(22)24(28-25(23)33)21-12-7-13-30(21)27(35)38-18-19-8-3-1-4-9-19/h1-6,8-11,21,32H,7,12-18H2/t21-/m1/s1. The van der Waals surface area contributed by atoms with Crippen LogP contribution >= 0.6 is 0 Å². The molecule has 1 N–H and O–H groups in total. The molecule has 39 heavy (non-hydrogen) atoms. The highest BCUT2D eigenvalue weighted by atomic mass is 32.2. The molecule has 0 aliphatic carbocycles. The molecule has 0 saturated carbocycles. The van der Waals surface area contributed by atoms with Gasteiger partial charge in [0.25, 0.3) is 5.91 Å². The van der Waals surface area contributed by atoms with Crippen molar-refractivity contribution in [2.24, 2.45) is 0 Å². The maximum absolute atomic E-state index is 13.4. The zero-order chi connectivity index (χ0) is 27.6. The Balaban J connectivity index is 1.36. The van der Waals surface area contributed by atoms with Crippen LogP contribution in [0.4, 0.5) is 4.79 Å². The molecule has 2 aliphatic heterocycles. The molecular formula is C27H28N4O7S. The number of carbonyl (C=O) groups is 2. The molecule has 3 heterocycles. The summed E-state index contributed by atoms with van der Waals surface area (Å²) < 4.78 is 32.4. The normalized spacial score (nSPS) is 17.2. The van der Waals surface area contributed by atoms with Gasteiger partial charge in [-0.3, -0.25) is 14.5 Å². The minimum Gasteiger partial charge on any atom is -0.501 e. The minimum absolute atomic E-state index is 0.0866. The Morgan fingerprint density at radius 2 is 1.69 bits per heavy atom. The van der Waals surface area contributed by atoms with Gasteiger partial charge in [-0.25, -0.2) is 13.2 Å². The van der Waals surface area contributed by atoms with Gasteiger partial charge in [-0.15, -0.1) is 0 Å². The maximum atomic E-state index is 13.4. The average molecular weight is 553 g/mol. The van der Waals surface area contributed by atoms with Crippen molar-refractivity contribution in [3.63, 3.8) is 0 Å². The van der Waals surface area contributed by atoms with E-state index in [1.54, 1.807) is 18.2 Å². The lowest BCUT2D eigenvalue weighted by molar-refractivity contribution is 0.0697. The molecule has 12 heteroatoms. The number of likely N-dealkylation sites (tertiary alicyclic amines) is 1. The molecule has 1 fully saturated rings. The number of benzene rings is 2. The molecule has 1 saturated heterocycles. The van der Waals surface area contributed by atoms with Gasteiger partial charge in [0.1, 0.15) is 12.4 Å². The van der Waals surface area contributed by atoms with Crippen LogP contribution in [-0.4, -0.2) is 70.3 Å². The van der Waals surface area contributed by atoms with E-state index in [0.717, 1.165) is 5.56 Å². The predicted octanol–water partition coefficient (Wildman–Crippen LogP) is 2.35. The lowest BCUT2D eigenvalue weighted by atomic mass is 10.1. The van der Waals surface area contributed by atoms with Crippen LogP contribution in [0.25, 0.3) is 0 Å². The van der Waals surface area contributed by atoms with E-state index in [-0.39, 0.29) is 48.4 Å². The first-order valence-corrected chi connectivity index (χ1v) is 14.3. The largest absolute Gasteiger partial charge is 0.501 e. The fourth-order valence-corrected chi connectivity index (χ4v) is 6.24. The number of carbonyl (C=O) groups excluding carboxylic acids is 2. The fourth-order valence-electron chi connectivity index (χ4n) is 4.98. The van der Waals surface area contributed by atoms with Gasteiger partial charge in [0.2, 0.25) is 5.75 Å². The smallest absolute Gasteiger partial charge is 0.410 e. The Morgan fingerprint density at radius 1 is 1.00 bits per heavy atom. The third-order valence-corrected chi connectivity index (χ3v) is 8.71. The fraction of sp³-hybridized carbons (Fsp3) is 0.333. The summed E-state index contributed by atoms with van der Waals surface area (Å²) >= 11 is 0. The van der Waals surface area contributed by atoms with Crippen molar-refractivity contribution in [2.75, 3.05) is 25.4 Å². The van der Waals surface area contributed by atoms with Crippen LogP contribution < -0.4 is 5.56 Å². The lowest BCUT2D eigenvalue weighted by Gasteiger charge is -2.33. The summed E-state index contributed by atoms with van der Waals surface area (Å²) in [6.07, 6.45) is 0.590. The number of nitrogens with zero attached hydrogens (tertiary/aromatic N) is 4. The Labute approximate surface area is 225 Å². The second-order valence-electron chi connectivity index (χ2n) is 9.44. The van der Waals surface area contributed by atoms with E-state index in [9.17, 15) is 27.9 Å². The zero-order valence-electron chi connectivity index (χ0n) is 21.1. The minimum atomic E-state index is -3.64. The highest BCUT2D eigenvalue weighted by Crippen LogP contribution is 2.33. The second-order valence-corrected chi connectivity index (χ2v) is 11.5. The summed E-state index contributed by atoms with van der Waals surface area (Å²) in [5.41, 5.74) is -0.399. The highest BCUT2D eigenvalue weighted by Gasteiger charge is 2.38. The van der Waals surface area contributed by atoms with Crippen molar-refractivity contribution in [3.8, 4) is 5.75 Å². The first kappa shape index (κ1) is 26.4. The molecular weight excluding hydrogens is 524 g/mol. The van der Waals surface area contributed by atoms with Crippen molar-refractivity contribution in [1.82, 2.24) is 19.4 Å². The van der Waals surface area contributed by atoms with Gasteiger partial charge < -0.3 is 19.3 Å². The summed E-state index contributed by atoms with van der Waals surface area (Å²) in [4.78, 5) is 45.9. The highest BCUT2D eigenvalue weighted by molar-refractivity contribution is 7.91. The topological polar surface area (TPSA) is 139 Å². The molecule has 5 rings (SSSR count). The Kier molecular flexibility index (Phi) is 7.38. The van der Waals surface area contributed by atoms with Crippen LogP contribution in [0.2, 0.25) is 0 Å². The number of ether oxygens (including phenoxy) is 1. The Bertz CT molecular complexity index is 1540. The molecule has 0 unspecified atom stereocenters. The number of aromatic hydroxyl groups is 1. The SMILES string of the molecule is O=C1c2c(O)c(=O)nc([C@H]3CCCN3C(=O)OCc3ccccc3)n2CCN1CCS(=O)(=O)c1ccccc1. The molecule has 2 amide bonds. The molecule has 1 atom stereocenters. The van der Waals surface area contributed by atoms with Crippen LogP contribution in [0.15, 0.2) is 70.4 Å².